The van der Waals surface area contributed by atoms with Crippen LogP contribution in [0, 0.1) is 5.82 Å². The van der Waals surface area contributed by atoms with Crippen molar-refractivity contribution >= 4 is 11.4 Å². The lowest BCUT2D eigenvalue weighted by molar-refractivity contribution is 0.619. The van der Waals surface area contributed by atoms with Gasteiger partial charge in [0.15, 0.2) is 0 Å². The summed E-state index contributed by atoms with van der Waals surface area (Å²) in [5.74, 6) is -0.171. The minimum absolute atomic E-state index is 0.171. The Balaban J connectivity index is 1.90. The van der Waals surface area contributed by atoms with Crippen molar-refractivity contribution in [3.05, 3.63) is 59.9 Å². The van der Waals surface area contributed by atoms with E-state index >= 15 is 0 Å². The summed E-state index contributed by atoms with van der Waals surface area (Å²) >= 11 is 0. The van der Waals surface area contributed by atoms with Gasteiger partial charge in [0.2, 0.25) is 0 Å². The Kier molecular flexibility index (Phi) is 4.20. The molecule has 0 aliphatic heterocycles. The van der Waals surface area contributed by atoms with Crippen LogP contribution in [-0.4, -0.2) is 12.6 Å². The number of para-hydroxylation sites is 1. The first kappa shape index (κ1) is 14.1. The molecule has 0 saturated heterocycles. The maximum absolute atomic E-state index is 13.6. The monoisotopic (exact) mass is 284 g/mol. The van der Waals surface area contributed by atoms with Gasteiger partial charge < -0.3 is 10.2 Å². The van der Waals surface area contributed by atoms with Crippen LogP contribution < -0.4 is 10.2 Å². The van der Waals surface area contributed by atoms with Gasteiger partial charge in [-0.15, -0.1) is 0 Å². The van der Waals surface area contributed by atoms with Gasteiger partial charge >= 0.3 is 0 Å². The lowest BCUT2D eigenvalue weighted by Crippen LogP contribution is -2.21. The molecule has 3 heteroatoms. The Morgan fingerprint density at radius 1 is 1.14 bits per heavy atom. The van der Waals surface area contributed by atoms with Gasteiger partial charge in [0.1, 0.15) is 5.82 Å². The number of rotatable bonds is 6. The van der Waals surface area contributed by atoms with Crippen LogP contribution in [0.1, 0.15) is 25.3 Å². The fraction of sp³-hybridized carbons (Fsp3) is 0.333. The largest absolute Gasteiger partial charge is 0.342 e. The van der Waals surface area contributed by atoms with Crippen molar-refractivity contribution in [3.63, 3.8) is 0 Å². The Morgan fingerprint density at radius 2 is 1.90 bits per heavy atom. The van der Waals surface area contributed by atoms with Gasteiger partial charge in [-0.25, -0.2) is 4.39 Å². The molecule has 0 aromatic heterocycles. The number of nitrogens with one attached hydrogen (secondary N) is 1. The zero-order chi connectivity index (χ0) is 14.7. The second-order valence-corrected chi connectivity index (χ2v) is 5.51. The van der Waals surface area contributed by atoms with E-state index in [-0.39, 0.29) is 5.82 Å². The third kappa shape index (κ3) is 3.42. The fourth-order valence-electron chi connectivity index (χ4n) is 2.60. The SMILES string of the molecule is CCN(c1ccccc1)c1ccc(F)cc1CNC1CC1. The second kappa shape index (κ2) is 6.27. The quantitative estimate of drug-likeness (QED) is 0.853. The molecule has 1 saturated carbocycles. The molecule has 1 aliphatic rings. The van der Waals surface area contributed by atoms with E-state index < -0.39 is 0 Å². The molecule has 1 N–H and O–H groups in total. The molecule has 2 aromatic rings. The van der Waals surface area contributed by atoms with Gasteiger partial charge in [-0.2, -0.15) is 0 Å². The molecule has 0 bridgehead atoms. The second-order valence-electron chi connectivity index (χ2n) is 5.51. The Hall–Kier alpha value is -1.87. The Labute approximate surface area is 125 Å². The number of hydrogen-bond acceptors (Lipinski definition) is 2. The number of anilines is 2. The van der Waals surface area contributed by atoms with Crippen molar-refractivity contribution in [2.24, 2.45) is 0 Å². The third-order valence-electron chi connectivity index (χ3n) is 3.87. The van der Waals surface area contributed by atoms with Gasteiger partial charge in [0.25, 0.3) is 0 Å². The summed E-state index contributed by atoms with van der Waals surface area (Å²) in [6.07, 6.45) is 2.47. The lowest BCUT2D eigenvalue weighted by Gasteiger charge is -2.26. The topological polar surface area (TPSA) is 15.3 Å². The summed E-state index contributed by atoms with van der Waals surface area (Å²) in [5.41, 5.74) is 3.24. The summed E-state index contributed by atoms with van der Waals surface area (Å²) in [7, 11) is 0. The van der Waals surface area contributed by atoms with E-state index in [1.807, 2.05) is 24.3 Å². The van der Waals surface area contributed by atoms with Crippen LogP contribution >= 0.6 is 0 Å². The number of nitrogens with zero attached hydrogens (tertiary/aromatic N) is 1. The molecule has 2 nitrogen and oxygen atoms in total. The normalized spacial score (nSPS) is 14.2. The van der Waals surface area contributed by atoms with Crippen molar-refractivity contribution in [3.8, 4) is 0 Å². The predicted octanol–water partition coefficient (Wildman–Crippen LogP) is 4.24. The summed E-state index contributed by atoms with van der Waals surface area (Å²) in [6.45, 7) is 3.70. The van der Waals surface area contributed by atoms with E-state index in [9.17, 15) is 4.39 Å². The number of halogens is 1. The molecule has 1 aliphatic carbocycles. The molecule has 110 valence electrons. The highest BCUT2D eigenvalue weighted by Crippen LogP contribution is 2.29. The smallest absolute Gasteiger partial charge is 0.123 e. The average molecular weight is 284 g/mol. The predicted molar refractivity (Wildman–Crippen MR) is 85.4 cm³/mol. The van der Waals surface area contributed by atoms with Crippen LogP contribution in [0.15, 0.2) is 48.5 Å². The first-order valence-corrected chi connectivity index (χ1v) is 7.62. The van der Waals surface area contributed by atoms with Crippen LogP contribution in [0.5, 0.6) is 0 Å². The van der Waals surface area contributed by atoms with Crippen molar-refractivity contribution in [2.75, 3.05) is 11.4 Å². The van der Waals surface area contributed by atoms with Gasteiger partial charge in [0.05, 0.1) is 0 Å². The standard InChI is InChI=1S/C18H21FN2/c1-2-21(17-6-4-3-5-7-17)18-11-8-15(19)12-14(18)13-20-16-9-10-16/h3-8,11-12,16,20H,2,9-10,13H2,1H3. The molecular formula is C18H21FN2. The summed E-state index contributed by atoms with van der Waals surface area (Å²) in [4.78, 5) is 2.23. The molecule has 21 heavy (non-hydrogen) atoms. The number of benzene rings is 2. The molecule has 0 atom stereocenters. The first-order chi connectivity index (χ1) is 10.3. The molecule has 0 radical (unpaired) electrons. The van der Waals surface area contributed by atoms with Crippen molar-refractivity contribution in [2.45, 2.75) is 32.4 Å². The van der Waals surface area contributed by atoms with Gasteiger partial charge in [0, 0.05) is 30.5 Å². The van der Waals surface area contributed by atoms with E-state index in [0.717, 1.165) is 30.0 Å². The Morgan fingerprint density at radius 3 is 2.57 bits per heavy atom. The minimum atomic E-state index is -0.171. The van der Waals surface area contributed by atoms with Crippen LogP contribution in [-0.2, 0) is 6.54 Å². The molecule has 0 spiro atoms. The van der Waals surface area contributed by atoms with E-state index in [1.165, 1.54) is 12.8 Å². The molecule has 3 rings (SSSR count). The first-order valence-electron chi connectivity index (χ1n) is 7.62. The average Bonchev–Trinajstić information content (AvgIpc) is 3.33. The maximum Gasteiger partial charge on any atom is 0.123 e. The van der Waals surface area contributed by atoms with Crippen molar-refractivity contribution in [1.82, 2.24) is 5.32 Å². The third-order valence-corrected chi connectivity index (χ3v) is 3.87. The highest BCUT2D eigenvalue weighted by Gasteiger charge is 2.21. The summed E-state index contributed by atoms with van der Waals surface area (Å²) in [5, 5.41) is 3.48. The highest BCUT2D eigenvalue weighted by atomic mass is 19.1. The van der Waals surface area contributed by atoms with E-state index in [2.05, 4.69) is 29.3 Å². The van der Waals surface area contributed by atoms with Crippen LogP contribution in [0.3, 0.4) is 0 Å². The molecule has 0 unspecified atom stereocenters. The summed E-state index contributed by atoms with van der Waals surface area (Å²) < 4.78 is 13.6. The lowest BCUT2D eigenvalue weighted by atomic mass is 10.1. The zero-order valence-electron chi connectivity index (χ0n) is 12.3. The van der Waals surface area contributed by atoms with E-state index in [1.54, 1.807) is 12.1 Å². The van der Waals surface area contributed by atoms with E-state index in [0.29, 0.717) is 6.04 Å². The zero-order valence-corrected chi connectivity index (χ0v) is 12.3. The van der Waals surface area contributed by atoms with Gasteiger partial charge in [-0.1, -0.05) is 18.2 Å². The minimum Gasteiger partial charge on any atom is -0.342 e. The van der Waals surface area contributed by atoms with Crippen molar-refractivity contribution < 1.29 is 4.39 Å². The van der Waals surface area contributed by atoms with Gasteiger partial charge in [-0.3, -0.25) is 0 Å². The van der Waals surface area contributed by atoms with Crippen molar-refractivity contribution in [1.29, 1.82) is 0 Å². The molecule has 2 aromatic carbocycles. The molecule has 0 heterocycles. The molecule has 0 amide bonds. The van der Waals surface area contributed by atoms with Gasteiger partial charge in [-0.05, 0) is 55.7 Å². The number of hydrogen-bond donors (Lipinski definition) is 1. The van der Waals surface area contributed by atoms with Crippen LogP contribution in [0.25, 0.3) is 0 Å². The van der Waals surface area contributed by atoms with Crippen LogP contribution in [0.4, 0.5) is 15.8 Å². The van der Waals surface area contributed by atoms with Crippen LogP contribution in [0.2, 0.25) is 0 Å². The summed E-state index contributed by atoms with van der Waals surface area (Å²) in [6, 6.07) is 15.9. The fourth-order valence-corrected chi connectivity index (χ4v) is 2.60. The highest BCUT2D eigenvalue weighted by molar-refractivity contribution is 5.66. The maximum atomic E-state index is 13.6. The van der Waals surface area contributed by atoms with E-state index in [4.69, 9.17) is 0 Å². The molecule has 1 fully saturated rings. The molecular weight excluding hydrogens is 263 g/mol. The Bertz CT molecular complexity index is 593.